The van der Waals surface area contributed by atoms with E-state index in [1.807, 2.05) is 52.9 Å². The van der Waals surface area contributed by atoms with Gasteiger partial charge < -0.3 is 0 Å². The van der Waals surface area contributed by atoms with Gasteiger partial charge in [0.25, 0.3) is 0 Å². The Bertz CT molecular complexity index is 1290. The van der Waals surface area contributed by atoms with Crippen LogP contribution in [0.5, 0.6) is 0 Å². The lowest BCUT2D eigenvalue weighted by molar-refractivity contribution is 0.628. The topological polar surface area (TPSA) is 30.2 Å². The standard InChI is InChI=1S/C23H16FN3/c1-15-9-11-16(12-10-15)20-14-22(17-5-4-6-18(24)13-17)27-21-8-3-2-7-19(21)25-23(27)26-20/h2-14H,1H3. The van der Waals surface area contributed by atoms with E-state index < -0.39 is 0 Å². The van der Waals surface area contributed by atoms with Crippen LogP contribution in [0, 0.1) is 12.7 Å². The van der Waals surface area contributed by atoms with Gasteiger partial charge in [-0.25, -0.2) is 14.4 Å². The average molecular weight is 353 g/mol. The molecule has 0 aliphatic carbocycles. The fourth-order valence-electron chi connectivity index (χ4n) is 3.39. The molecule has 3 aromatic carbocycles. The van der Waals surface area contributed by atoms with Crippen molar-refractivity contribution in [2.75, 3.05) is 0 Å². The van der Waals surface area contributed by atoms with Crippen molar-refractivity contribution in [3.05, 3.63) is 90.2 Å². The number of fused-ring (bicyclic) bond motifs is 3. The zero-order valence-corrected chi connectivity index (χ0v) is 14.7. The van der Waals surface area contributed by atoms with Crippen molar-refractivity contribution >= 4 is 16.8 Å². The maximum atomic E-state index is 13.9. The van der Waals surface area contributed by atoms with Crippen molar-refractivity contribution in [1.82, 2.24) is 14.4 Å². The molecule has 0 fully saturated rings. The number of aryl methyl sites for hydroxylation is 1. The van der Waals surface area contributed by atoms with Crippen LogP contribution in [0.1, 0.15) is 5.56 Å². The number of nitrogens with zero attached hydrogens (tertiary/aromatic N) is 3. The average Bonchev–Trinajstić information content (AvgIpc) is 3.06. The summed E-state index contributed by atoms with van der Waals surface area (Å²) in [6, 6.07) is 24.7. The summed E-state index contributed by atoms with van der Waals surface area (Å²) in [7, 11) is 0. The van der Waals surface area contributed by atoms with E-state index in [9.17, 15) is 4.39 Å². The van der Waals surface area contributed by atoms with Gasteiger partial charge in [-0.1, -0.05) is 54.1 Å². The normalized spacial score (nSPS) is 11.3. The molecule has 27 heavy (non-hydrogen) atoms. The van der Waals surface area contributed by atoms with Crippen LogP contribution < -0.4 is 0 Å². The molecule has 3 nitrogen and oxygen atoms in total. The lowest BCUT2D eigenvalue weighted by Crippen LogP contribution is -1.98. The Morgan fingerprint density at radius 1 is 0.778 bits per heavy atom. The molecular weight excluding hydrogens is 337 g/mol. The third-order valence-corrected chi connectivity index (χ3v) is 4.75. The van der Waals surface area contributed by atoms with Crippen LogP contribution in [0.15, 0.2) is 78.9 Å². The van der Waals surface area contributed by atoms with Crippen LogP contribution in [0.3, 0.4) is 0 Å². The van der Waals surface area contributed by atoms with Crippen molar-refractivity contribution in [3.8, 4) is 22.5 Å². The lowest BCUT2D eigenvalue weighted by atomic mass is 10.1. The minimum Gasteiger partial charge on any atom is -0.276 e. The number of aromatic nitrogens is 3. The molecule has 0 atom stereocenters. The first-order valence-corrected chi connectivity index (χ1v) is 8.80. The van der Waals surface area contributed by atoms with E-state index in [0.717, 1.165) is 33.5 Å². The van der Waals surface area contributed by atoms with E-state index in [4.69, 9.17) is 4.98 Å². The number of imidazole rings is 1. The maximum Gasteiger partial charge on any atom is 0.235 e. The maximum absolute atomic E-state index is 13.9. The van der Waals surface area contributed by atoms with E-state index >= 15 is 0 Å². The van der Waals surface area contributed by atoms with Crippen LogP contribution >= 0.6 is 0 Å². The molecule has 130 valence electrons. The zero-order chi connectivity index (χ0) is 18.4. The molecule has 5 rings (SSSR count). The van der Waals surface area contributed by atoms with Gasteiger partial charge in [0.1, 0.15) is 5.82 Å². The summed E-state index contributed by atoms with van der Waals surface area (Å²) in [6.07, 6.45) is 0. The van der Waals surface area contributed by atoms with Gasteiger partial charge in [-0.15, -0.1) is 0 Å². The molecule has 0 amide bonds. The zero-order valence-electron chi connectivity index (χ0n) is 14.7. The van der Waals surface area contributed by atoms with Crippen molar-refractivity contribution < 1.29 is 4.39 Å². The molecule has 5 aromatic rings. The molecule has 0 unspecified atom stereocenters. The quantitative estimate of drug-likeness (QED) is 0.410. The summed E-state index contributed by atoms with van der Waals surface area (Å²) in [5, 5.41) is 0. The Morgan fingerprint density at radius 2 is 1.59 bits per heavy atom. The van der Waals surface area contributed by atoms with E-state index in [1.165, 1.54) is 11.6 Å². The van der Waals surface area contributed by atoms with E-state index in [2.05, 4.69) is 24.0 Å². The minimum atomic E-state index is -0.265. The fourth-order valence-corrected chi connectivity index (χ4v) is 3.39. The number of para-hydroxylation sites is 2. The Morgan fingerprint density at radius 3 is 2.41 bits per heavy atom. The monoisotopic (exact) mass is 353 g/mol. The second-order valence-electron chi connectivity index (χ2n) is 6.64. The van der Waals surface area contributed by atoms with Crippen LogP contribution in [-0.2, 0) is 0 Å². The van der Waals surface area contributed by atoms with Gasteiger partial charge in [-0.05, 0) is 37.3 Å². The Balaban J connectivity index is 1.87. The molecule has 0 radical (unpaired) electrons. The van der Waals surface area contributed by atoms with Crippen molar-refractivity contribution in [3.63, 3.8) is 0 Å². The smallest absolute Gasteiger partial charge is 0.235 e. The summed E-state index contributed by atoms with van der Waals surface area (Å²) >= 11 is 0. The van der Waals surface area contributed by atoms with E-state index in [1.54, 1.807) is 12.1 Å². The van der Waals surface area contributed by atoms with Gasteiger partial charge in [0, 0.05) is 11.1 Å². The number of hydrogen-bond donors (Lipinski definition) is 0. The van der Waals surface area contributed by atoms with Crippen LogP contribution in [-0.4, -0.2) is 14.4 Å². The predicted octanol–water partition coefficient (Wildman–Crippen LogP) is 5.66. The van der Waals surface area contributed by atoms with E-state index in [0.29, 0.717) is 5.78 Å². The molecule has 0 N–H and O–H groups in total. The molecule has 0 aliphatic heterocycles. The second kappa shape index (κ2) is 6.02. The highest BCUT2D eigenvalue weighted by atomic mass is 19.1. The second-order valence-corrected chi connectivity index (χ2v) is 6.64. The van der Waals surface area contributed by atoms with E-state index in [-0.39, 0.29) is 5.82 Å². The van der Waals surface area contributed by atoms with Crippen molar-refractivity contribution in [1.29, 1.82) is 0 Å². The van der Waals surface area contributed by atoms with Crippen LogP contribution in [0.2, 0.25) is 0 Å². The molecule has 2 aromatic heterocycles. The molecule has 2 heterocycles. The highest BCUT2D eigenvalue weighted by Crippen LogP contribution is 2.29. The molecule has 0 bridgehead atoms. The number of benzene rings is 3. The molecule has 0 spiro atoms. The first kappa shape index (κ1) is 15.7. The van der Waals surface area contributed by atoms with Crippen molar-refractivity contribution in [2.24, 2.45) is 0 Å². The SMILES string of the molecule is Cc1ccc(-c2cc(-c3cccc(F)c3)n3c(n2)nc2ccccc23)cc1. The highest BCUT2D eigenvalue weighted by Gasteiger charge is 2.14. The Labute approximate surface area is 155 Å². The summed E-state index contributed by atoms with van der Waals surface area (Å²) < 4.78 is 15.9. The highest BCUT2D eigenvalue weighted by molar-refractivity contribution is 5.84. The van der Waals surface area contributed by atoms with Crippen LogP contribution in [0.4, 0.5) is 4.39 Å². The van der Waals surface area contributed by atoms with Crippen LogP contribution in [0.25, 0.3) is 39.3 Å². The molecule has 0 saturated carbocycles. The lowest BCUT2D eigenvalue weighted by Gasteiger charge is -2.10. The summed E-state index contributed by atoms with van der Waals surface area (Å²) in [5.41, 5.74) is 6.49. The Kier molecular flexibility index (Phi) is 3.50. The molecular formula is C23H16FN3. The first-order chi connectivity index (χ1) is 13.2. The summed E-state index contributed by atoms with van der Waals surface area (Å²) in [5.74, 6) is 0.340. The van der Waals surface area contributed by atoms with Gasteiger partial charge in [0.15, 0.2) is 0 Å². The first-order valence-electron chi connectivity index (χ1n) is 8.80. The fraction of sp³-hybridized carbons (Fsp3) is 0.0435. The number of halogens is 1. The predicted molar refractivity (Wildman–Crippen MR) is 106 cm³/mol. The third-order valence-electron chi connectivity index (χ3n) is 4.75. The van der Waals surface area contributed by atoms with Gasteiger partial charge in [0.2, 0.25) is 5.78 Å². The number of hydrogen-bond acceptors (Lipinski definition) is 2. The minimum absolute atomic E-state index is 0.265. The molecule has 0 aliphatic rings. The summed E-state index contributed by atoms with van der Waals surface area (Å²) in [6.45, 7) is 2.06. The third kappa shape index (κ3) is 2.66. The Hall–Kier alpha value is -3.53. The largest absolute Gasteiger partial charge is 0.276 e. The van der Waals surface area contributed by atoms with Gasteiger partial charge in [-0.3, -0.25) is 4.40 Å². The molecule has 0 saturated heterocycles. The summed E-state index contributed by atoms with van der Waals surface area (Å²) in [4.78, 5) is 9.46. The molecule has 4 heteroatoms. The van der Waals surface area contributed by atoms with Gasteiger partial charge >= 0.3 is 0 Å². The number of rotatable bonds is 2. The van der Waals surface area contributed by atoms with Crippen molar-refractivity contribution in [2.45, 2.75) is 6.92 Å². The van der Waals surface area contributed by atoms with Gasteiger partial charge in [-0.2, -0.15) is 0 Å². The van der Waals surface area contributed by atoms with Gasteiger partial charge in [0.05, 0.1) is 22.4 Å².